The Balaban J connectivity index is 1.32. The van der Waals surface area contributed by atoms with Gasteiger partial charge in [-0.25, -0.2) is 9.40 Å². The number of hydrazine groups is 1. The summed E-state index contributed by atoms with van der Waals surface area (Å²) in [6.45, 7) is 12.9. The lowest BCUT2D eigenvalue weighted by Gasteiger charge is -2.42. The third-order valence-corrected chi connectivity index (χ3v) is 7.57. The maximum Gasteiger partial charge on any atom is 0.127 e. The van der Waals surface area contributed by atoms with Crippen LogP contribution in [0.3, 0.4) is 0 Å². The number of piperidine rings is 1. The van der Waals surface area contributed by atoms with Gasteiger partial charge in [0, 0.05) is 57.8 Å². The van der Waals surface area contributed by atoms with Gasteiger partial charge in [-0.3, -0.25) is 4.99 Å². The predicted octanol–water partition coefficient (Wildman–Crippen LogP) is 6.15. The van der Waals surface area contributed by atoms with Crippen molar-refractivity contribution in [3.05, 3.63) is 59.2 Å². The molecule has 0 bridgehead atoms. The molecule has 0 saturated carbocycles. The number of unbranched alkanes of at least 4 members (excludes halogenated alkanes) is 1. The molecule has 2 saturated heterocycles. The van der Waals surface area contributed by atoms with Crippen molar-refractivity contribution in [2.75, 3.05) is 33.2 Å². The first-order chi connectivity index (χ1) is 16.5. The highest BCUT2D eigenvalue weighted by Crippen LogP contribution is 2.26. The fourth-order valence-electron chi connectivity index (χ4n) is 4.99. The first-order valence-corrected chi connectivity index (χ1v) is 13.3. The van der Waals surface area contributed by atoms with E-state index in [9.17, 15) is 4.39 Å². The second kappa shape index (κ2) is 13.7. The minimum atomic E-state index is -0.0726. The van der Waals surface area contributed by atoms with Crippen molar-refractivity contribution in [3.63, 3.8) is 0 Å². The van der Waals surface area contributed by atoms with Gasteiger partial charge in [0.05, 0.1) is 0 Å². The van der Waals surface area contributed by atoms with Crippen LogP contribution in [0, 0.1) is 17.7 Å². The van der Waals surface area contributed by atoms with E-state index < -0.39 is 0 Å². The lowest BCUT2D eigenvalue weighted by molar-refractivity contribution is 0.137. The van der Waals surface area contributed by atoms with Crippen LogP contribution >= 0.6 is 0 Å². The number of likely N-dealkylation sites (tertiary alicyclic amines) is 1. The maximum atomic E-state index is 14.7. The van der Waals surface area contributed by atoms with Crippen molar-refractivity contribution < 1.29 is 4.39 Å². The average molecular weight is 469 g/mol. The van der Waals surface area contributed by atoms with Gasteiger partial charge in [0.2, 0.25) is 0 Å². The number of rotatable bonds is 13. The van der Waals surface area contributed by atoms with Crippen LogP contribution in [0.5, 0.6) is 0 Å². The number of nitrogens with zero attached hydrogens (tertiary/aromatic N) is 3. The van der Waals surface area contributed by atoms with Gasteiger partial charge >= 0.3 is 0 Å². The van der Waals surface area contributed by atoms with E-state index in [-0.39, 0.29) is 5.82 Å². The van der Waals surface area contributed by atoms with Gasteiger partial charge in [-0.1, -0.05) is 45.4 Å². The quantitative estimate of drug-likeness (QED) is 0.278. The molecule has 2 fully saturated rings. The van der Waals surface area contributed by atoms with Gasteiger partial charge in [-0.2, -0.15) is 0 Å². The van der Waals surface area contributed by atoms with Crippen LogP contribution in [-0.2, 0) is 12.8 Å². The summed E-state index contributed by atoms with van der Waals surface area (Å²) < 4.78 is 14.7. The first-order valence-electron chi connectivity index (χ1n) is 13.3. The zero-order chi connectivity index (χ0) is 24.3. The van der Waals surface area contributed by atoms with Crippen molar-refractivity contribution in [1.82, 2.24) is 15.3 Å². The van der Waals surface area contributed by atoms with Gasteiger partial charge in [0.25, 0.3) is 0 Å². The maximum absolute atomic E-state index is 14.7. The van der Waals surface area contributed by atoms with E-state index in [1.54, 1.807) is 6.07 Å². The topological polar surface area (TPSA) is 30.9 Å². The molecular formula is C29H45FN4. The van der Waals surface area contributed by atoms with Crippen LogP contribution in [0.2, 0.25) is 0 Å². The molecule has 1 aromatic carbocycles. The van der Waals surface area contributed by atoms with Crippen LogP contribution in [0.4, 0.5) is 4.39 Å². The number of aliphatic imine (C=N–C) groups is 1. The second-order valence-electron chi connectivity index (χ2n) is 10.1. The Morgan fingerprint density at radius 3 is 2.59 bits per heavy atom. The fraction of sp³-hybridized carbons (Fsp3) is 0.621. The van der Waals surface area contributed by atoms with Crippen LogP contribution in [0.25, 0.3) is 0 Å². The first kappa shape index (κ1) is 26.5. The van der Waals surface area contributed by atoms with Gasteiger partial charge < -0.3 is 10.3 Å². The summed E-state index contributed by atoms with van der Waals surface area (Å²) in [4.78, 5) is 6.40. The Morgan fingerprint density at radius 1 is 1.18 bits per heavy atom. The Labute approximate surface area is 207 Å². The van der Waals surface area contributed by atoms with E-state index >= 15 is 0 Å². The van der Waals surface area contributed by atoms with Gasteiger partial charge in [0.15, 0.2) is 0 Å². The minimum absolute atomic E-state index is 0.0726. The van der Waals surface area contributed by atoms with Crippen LogP contribution in [0.15, 0.2) is 47.2 Å². The lowest BCUT2D eigenvalue weighted by Crippen LogP contribution is -2.45. The lowest BCUT2D eigenvalue weighted by atomic mass is 9.91. The molecule has 1 aromatic rings. The van der Waals surface area contributed by atoms with Crippen molar-refractivity contribution in [1.29, 1.82) is 0 Å². The molecule has 1 N–H and O–H groups in total. The molecule has 0 unspecified atom stereocenters. The van der Waals surface area contributed by atoms with Gasteiger partial charge in [-0.15, -0.1) is 0 Å². The molecule has 4 nitrogen and oxygen atoms in total. The predicted molar refractivity (Wildman–Crippen MR) is 142 cm³/mol. The van der Waals surface area contributed by atoms with Crippen molar-refractivity contribution in [2.24, 2.45) is 16.8 Å². The largest absolute Gasteiger partial charge is 0.374 e. The van der Waals surface area contributed by atoms with Crippen LogP contribution in [-0.4, -0.2) is 49.4 Å². The van der Waals surface area contributed by atoms with E-state index in [1.165, 1.54) is 37.7 Å². The molecule has 0 aliphatic carbocycles. The number of allylic oxidation sites excluding steroid dienone is 2. The zero-order valence-corrected chi connectivity index (χ0v) is 21.7. The number of aryl methyl sites for hydroxylation is 1. The number of halogens is 1. The monoisotopic (exact) mass is 468 g/mol. The molecule has 0 atom stereocenters. The van der Waals surface area contributed by atoms with Crippen LogP contribution < -0.4 is 5.43 Å². The molecular weight excluding hydrogens is 423 g/mol. The van der Waals surface area contributed by atoms with Crippen molar-refractivity contribution in [2.45, 2.75) is 71.6 Å². The highest BCUT2D eigenvalue weighted by Gasteiger charge is 2.26. The molecule has 3 rings (SSSR count). The summed E-state index contributed by atoms with van der Waals surface area (Å²) in [7, 11) is 1.81. The molecule has 0 spiro atoms. The summed E-state index contributed by atoms with van der Waals surface area (Å²) in [6.07, 6.45) is 13.9. The highest BCUT2D eigenvalue weighted by atomic mass is 19.1. The third-order valence-electron chi connectivity index (χ3n) is 7.57. The highest BCUT2D eigenvalue weighted by molar-refractivity contribution is 5.77. The SMILES string of the molecule is C=C(Cc1ccc(CCCCC2CCN(N/C=C(\C=N/C)CC)CC2)cc1F)N1CC(CC)C1. The normalized spacial score (nSPS) is 18.5. The number of benzene rings is 1. The Bertz CT molecular complexity index is 833. The zero-order valence-electron chi connectivity index (χ0n) is 21.7. The molecule has 34 heavy (non-hydrogen) atoms. The van der Waals surface area contributed by atoms with Crippen LogP contribution in [0.1, 0.15) is 69.9 Å². The molecule has 5 heteroatoms. The molecule has 2 aliphatic heterocycles. The number of hydrogen-bond donors (Lipinski definition) is 1. The van der Waals surface area contributed by atoms with E-state index in [2.05, 4.69) is 53.0 Å². The fourth-order valence-corrected chi connectivity index (χ4v) is 4.99. The van der Waals surface area contributed by atoms with Gasteiger partial charge in [0.1, 0.15) is 5.82 Å². The van der Waals surface area contributed by atoms with Gasteiger partial charge in [-0.05, 0) is 73.1 Å². The number of nitrogens with one attached hydrogen (secondary N) is 1. The standard InChI is InChI=1S/C29H45FN4/c1-5-24(19-31-4)20-32-34-15-13-26(14-16-34)9-7-8-10-27-11-12-28(29(30)18-27)17-23(3)33-21-25(6-2)22-33/h11-12,18-20,25-26,32H,3,5-10,13-17,21-22H2,1-2,4H3/b24-20-,31-19-. The molecule has 188 valence electrons. The minimum Gasteiger partial charge on any atom is -0.374 e. The Kier molecular flexibility index (Phi) is 10.6. The van der Waals surface area contributed by atoms with E-state index in [4.69, 9.17) is 0 Å². The van der Waals surface area contributed by atoms with Crippen molar-refractivity contribution >= 4 is 6.21 Å². The summed E-state index contributed by atoms with van der Waals surface area (Å²) in [5.41, 5.74) is 7.61. The molecule has 2 heterocycles. The summed E-state index contributed by atoms with van der Waals surface area (Å²) in [5, 5.41) is 2.32. The average Bonchev–Trinajstić information content (AvgIpc) is 2.81. The number of hydrogen-bond acceptors (Lipinski definition) is 4. The van der Waals surface area contributed by atoms with E-state index in [1.807, 2.05) is 19.3 Å². The summed E-state index contributed by atoms with van der Waals surface area (Å²) >= 11 is 0. The second-order valence-corrected chi connectivity index (χ2v) is 10.1. The van der Waals surface area contributed by atoms with E-state index in [0.717, 1.165) is 74.1 Å². The Hall–Kier alpha value is -2.14. The Morgan fingerprint density at radius 2 is 1.94 bits per heavy atom. The summed E-state index contributed by atoms with van der Waals surface area (Å²) in [6, 6.07) is 5.83. The molecule has 2 aliphatic rings. The van der Waals surface area contributed by atoms with E-state index in [0.29, 0.717) is 6.42 Å². The molecule has 0 amide bonds. The molecule has 0 radical (unpaired) electrons. The van der Waals surface area contributed by atoms with Crippen molar-refractivity contribution in [3.8, 4) is 0 Å². The third kappa shape index (κ3) is 7.97. The smallest absolute Gasteiger partial charge is 0.127 e. The summed E-state index contributed by atoms with van der Waals surface area (Å²) in [5.74, 6) is 1.52. The molecule has 0 aromatic heterocycles.